The second-order valence-corrected chi connectivity index (χ2v) is 9.33. The molecule has 0 spiro atoms. The first-order chi connectivity index (χ1) is 14.2. The Balaban J connectivity index is 1.34. The molecule has 2 aromatic rings. The van der Waals surface area contributed by atoms with Gasteiger partial charge in [0.1, 0.15) is 11.9 Å². The largest absolute Gasteiger partial charge is 0.368 e. The molecule has 1 atom stereocenters. The predicted molar refractivity (Wildman–Crippen MR) is 115 cm³/mol. The highest BCUT2D eigenvalue weighted by atomic mass is 32.1. The molecular weight excluding hydrogens is 384 g/mol. The van der Waals surface area contributed by atoms with Crippen LogP contribution in [0.25, 0.3) is 0 Å². The summed E-state index contributed by atoms with van der Waals surface area (Å²) in [7, 11) is 0. The van der Waals surface area contributed by atoms with Crippen molar-refractivity contribution in [3.63, 3.8) is 0 Å². The van der Waals surface area contributed by atoms with Gasteiger partial charge in [0.2, 0.25) is 5.91 Å². The van der Waals surface area contributed by atoms with E-state index in [-0.39, 0.29) is 12.0 Å². The lowest BCUT2D eigenvalue weighted by molar-refractivity contribution is -0.139. The number of hydrogen-bond donors (Lipinski definition) is 1. The van der Waals surface area contributed by atoms with Crippen molar-refractivity contribution < 1.29 is 9.53 Å². The molecule has 0 bridgehead atoms. The number of aryl methyl sites for hydroxylation is 1. The standard InChI is InChI=1S/C22H30N4O2S/c1-16-14-23-22(29-16)25-20-9-5-8-18(24-20)19-15-26(12-13-28-19)21(27)11-10-17-6-3-2-4-7-17/h5,8-9,14,17,19H,2-4,6-7,10-13,15H2,1H3,(H,23,24,25). The van der Waals surface area contributed by atoms with Crippen LogP contribution in [0.15, 0.2) is 24.4 Å². The van der Waals surface area contributed by atoms with Gasteiger partial charge in [-0.25, -0.2) is 9.97 Å². The fourth-order valence-electron chi connectivity index (χ4n) is 4.24. The lowest BCUT2D eigenvalue weighted by Gasteiger charge is -2.33. The predicted octanol–water partition coefficient (Wildman–Crippen LogP) is 4.85. The van der Waals surface area contributed by atoms with Gasteiger partial charge >= 0.3 is 0 Å². The molecule has 2 aromatic heterocycles. The summed E-state index contributed by atoms with van der Waals surface area (Å²) in [5.41, 5.74) is 0.855. The zero-order valence-electron chi connectivity index (χ0n) is 17.1. The number of thiazole rings is 1. The Morgan fingerprint density at radius 3 is 2.97 bits per heavy atom. The molecule has 1 saturated carbocycles. The smallest absolute Gasteiger partial charge is 0.222 e. The van der Waals surface area contributed by atoms with Crippen LogP contribution < -0.4 is 5.32 Å². The van der Waals surface area contributed by atoms with Crippen LogP contribution in [0.3, 0.4) is 0 Å². The van der Waals surface area contributed by atoms with Gasteiger partial charge in [0.05, 0.1) is 18.8 Å². The Kier molecular flexibility index (Phi) is 6.77. The number of morpholine rings is 1. The number of anilines is 2. The number of ether oxygens (including phenoxy) is 1. The third kappa shape index (κ3) is 5.54. The number of pyridine rings is 1. The molecule has 6 nitrogen and oxygen atoms in total. The van der Waals surface area contributed by atoms with Gasteiger partial charge in [0, 0.05) is 24.0 Å². The van der Waals surface area contributed by atoms with Crippen molar-refractivity contribution in [3.8, 4) is 0 Å². The van der Waals surface area contributed by atoms with Crippen molar-refractivity contribution in [2.45, 2.75) is 58.0 Å². The fourth-order valence-corrected chi connectivity index (χ4v) is 4.91. The van der Waals surface area contributed by atoms with Gasteiger partial charge in [-0.1, -0.05) is 38.2 Å². The normalized spacial score (nSPS) is 20.6. The van der Waals surface area contributed by atoms with E-state index in [1.807, 2.05) is 36.2 Å². The van der Waals surface area contributed by atoms with Crippen LogP contribution in [0, 0.1) is 12.8 Å². The summed E-state index contributed by atoms with van der Waals surface area (Å²) in [4.78, 5) is 24.9. The van der Waals surface area contributed by atoms with E-state index < -0.39 is 0 Å². The quantitative estimate of drug-likeness (QED) is 0.732. The van der Waals surface area contributed by atoms with E-state index >= 15 is 0 Å². The minimum Gasteiger partial charge on any atom is -0.368 e. The molecule has 2 fully saturated rings. The monoisotopic (exact) mass is 414 g/mol. The molecule has 1 aliphatic heterocycles. The Bertz CT molecular complexity index is 819. The Morgan fingerprint density at radius 2 is 2.17 bits per heavy atom. The highest BCUT2D eigenvalue weighted by molar-refractivity contribution is 7.15. The first-order valence-electron chi connectivity index (χ1n) is 10.7. The summed E-state index contributed by atoms with van der Waals surface area (Å²) in [6, 6.07) is 5.87. The molecule has 1 aliphatic carbocycles. The number of carbonyl (C=O) groups excluding carboxylic acids is 1. The molecule has 1 N–H and O–H groups in total. The van der Waals surface area contributed by atoms with Gasteiger partial charge in [-0.2, -0.15) is 0 Å². The number of nitrogens with zero attached hydrogens (tertiary/aromatic N) is 3. The molecule has 0 aromatic carbocycles. The lowest BCUT2D eigenvalue weighted by atomic mass is 9.86. The SMILES string of the molecule is Cc1cnc(Nc2cccc(C3CN(C(=O)CCC4CCCCC4)CCO3)n2)s1. The number of amides is 1. The van der Waals surface area contributed by atoms with Crippen molar-refractivity contribution in [1.82, 2.24) is 14.9 Å². The first-order valence-corrected chi connectivity index (χ1v) is 11.5. The molecule has 0 radical (unpaired) electrons. The highest BCUT2D eigenvalue weighted by Gasteiger charge is 2.27. The van der Waals surface area contributed by atoms with Crippen LogP contribution in [0.1, 0.15) is 61.6 Å². The summed E-state index contributed by atoms with van der Waals surface area (Å²) >= 11 is 1.60. The number of aromatic nitrogens is 2. The van der Waals surface area contributed by atoms with Crippen molar-refractivity contribution >= 4 is 28.2 Å². The van der Waals surface area contributed by atoms with Gasteiger partial charge in [-0.05, 0) is 31.4 Å². The molecule has 4 rings (SSSR count). The summed E-state index contributed by atoms with van der Waals surface area (Å²) < 4.78 is 5.95. The molecule has 2 aliphatic rings. The van der Waals surface area contributed by atoms with E-state index in [1.165, 1.54) is 32.1 Å². The van der Waals surface area contributed by atoms with Gasteiger partial charge < -0.3 is 15.0 Å². The minimum absolute atomic E-state index is 0.179. The van der Waals surface area contributed by atoms with Crippen LogP contribution in [0.2, 0.25) is 0 Å². The Labute approximate surface area is 176 Å². The van der Waals surface area contributed by atoms with E-state index in [2.05, 4.69) is 10.3 Å². The number of rotatable bonds is 6. The summed E-state index contributed by atoms with van der Waals surface area (Å²) in [6.07, 6.45) is 9.97. The van der Waals surface area contributed by atoms with Crippen molar-refractivity contribution in [1.29, 1.82) is 0 Å². The zero-order chi connectivity index (χ0) is 20.1. The van der Waals surface area contributed by atoms with Crippen LogP contribution in [0.4, 0.5) is 10.9 Å². The zero-order valence-corrected chi connectivity index (χ0v) is 17.9. The maximum absolute atomic E-state index is 12.8. The molecule has 7 heteroatoms. The highest BCUT2D eigenvalue weighted by Crippen LogP contribution is 2.29. The van der Waals surface area contributed by atoms with Crippen molar-refractivity contribution in [2.75, 3.05) is 25.0 Å². The van der Waals surface area contributed by atoms with E-state index in [1.54, 1.807) is 11.3 Å². The minimum atomic E-state index is -0.179. The van der Waals surface area contributed by atoms with E-state index in [9.17, 15) is 4.79 Å². The number of nitrogens with one attached hydrogen (secondary N) is 1. The third-order valence-corrected chi connectivity index (χ3v) is 6.70. The third-order valence-electron chi connectivity index (χ3n) is 5.87. The summed E-state index contributed by atoms with van der Waals surface area (Å²) in [6.45, 7) is 3.85. The summed E-state index contributed by atoms with van der Waals surface area (Å²) in [5.74, 6) is 1.75. The topological polar surface area (TPSA) is 67.4 Å². The second kappa shape index (κ2) is 9.67. The lowest BCUT2D eigenvalue weighted by Crippen LogP contribution is -2.42. The van der Waals surface area contributed by atoms with Crippen LogP contribution >= 0.6 is 11.3 Å². The van der Waals surface area contributed by atoms with Gasteiger partial charge in [0.25, 0.3) is 0 Å². The van der Waals surface area contributed by atoms with E-state index in [4.69, 9.17) is 9.72 Å². The van der Waals surface area contributed by atoms with Gasteiger partial charge in [-0.15, -0.1) is 11.3 Å². The molecular formula is C22H30N4O2S. The first kappa shape index (κ1) is 20.3. The van der Waals surface area contributed by atoms with Crippen molar-refractivity contribution in [2.24, 2.45) is 5.92 Å². The maximum atomic E-state index is 12.8. The molecule has 1 unspecified atom stereocenters. The Morgan fingerprint density at radius 1 is 1.31 bits per heavy atom. The molecule has 3 heterocycles. The van der Waals surface area contributed by atoms with Crippen molar-refractivity contribution in [3.05, 3.63) is 35.0 Å². The molecule has 29 heavy (non-hydrogen) atoms. The Hall–Kier alpha value is -1.99. The number of hydrogen-bond acceptors (Lipinski definition) is 6. The van der Waals surface area contributed by atoms with Gasteiger partial charge in [0.15, 0.2) is 5.13 Å². The number of carbonyl (C=O) groups is 1. The molecule has 1 amide bonds. The van der Waals surface area contributed by atoms with Crippen LogP contribution in [0.5, 0.6) is 0 Å². The fraction of sp³-hybridized carbons (Fsp3) is 0.591. The van der Waals surface area contributed by atoms with Crippen LogP contribution in [-0.2, 0) is 9.53 Å². The van der Waals surface area contributed by atoms with Gasteiger partial charge in [-0.3, -0.25) is 4.79 Å². The molecule has 1 saturated heterocycles. The maximum Gasteiger partial charge on any atom is 0.222 e. The summed E-state index contributed by atoms with van der Waals surface area (Å²) in [5, 5.41) is 4.08. The average Bonchev–Trinajstić information content (AvgIpc) is 3.17. The van der Waals surface area contributed by atoms with E-state index in [0.29, 0.717) is 26.1 Å². The van der Waals surface area contributed by atoms with Crippen LogP contribution in [-0.4, -0.2) is 40.5 Å². The molecule has 156 valence electrons. The van der Waals surface area contributed by atoms with E-state index in [0.717, 1.165) is 33.9 Å². The average molecular weight is 415 g/mol. The second-order valence-electron chi connectivity index (χ2n) is 8.09.